The van der Waals surface area contributed by atoms with Crippen molar-refractivity contribution in [3.8, 4) is 0 Å². The van der Waals surface area contributed by atoms with E-state index in [-0.39, 0.29) is 12.0 Å². The first-order valence-electron chi connectivity index (χ1n) is 5.88. The van der Waals surface area contributed by atoms with Crippen molar-refractivity contribution in [2.24, 2.45) is 5.92 Å². The molecule has 0 saturated carbocycles. The molecule has 1 aliphatic heterocycles. The predicted molar refractivity (Wildman–Crippen MR) is 67.4 cm³/mol. The van der Waals surface area contributed by atoms with E-state index in [0.717, 1.165) is 18.4 Å². The van der Waals surface area contributed by atoms with Gasteiger partial charge in [-0.3, -0.25) is 4.98 Å². The molecule has 2 rings (SSSR count). The van der Waals surface area contributed by atoms with Gasteiger partial charge in [0.1, 0.15) is 0 Å². The van der Waals surface area contributed by atoms with Crippen LogP contribution in [0.2, 0.25) is 0 Å². The predicted octanol–water partition coefficient (Wildman–Crippen LogP) is 1.17. The molecule has 2 unspecified atom stereocenters. The molecule has 2 heterocycles. The van der Waals surface area contributed by atoms with Crippen LogP contribution in [0.15, 0.2) is 24.5 Å². The molecule has 1 aromatic heterocycles. The van der Waals surface area contributed by atoms with E-state index in [1.807, 2.05) is 25.4 Å². The highest BCUT2D eigenvalue weighted by Crippen LogP contribution is 2.28. The fraction of sp³-hybridized carbons (Fsp3) is 0.583. The largest absolute Gasteiger partial charge is 0.313 e. The van der Waals surface area contributed by atoms with Crippen LogP contribution in [0.3, 0.4) is 0 Å². The maximum Gasteiger partial charge on any atom is 0.150 e. The second kappa shape index (κ2) is 5.14. The smallest absolute Gasteiger partial charge is 0.150 e. The van der Waals surface area contributed by atoms with Gasteiger partial charge in [0.05, 0.1) is 11.5 Å². The van der Waals surface area contributed by atoms with Gasteiger partial charge in [0, 0.05) is 18.4 Å². The highest BCUT2D eigenvalue weighted by atomic mass is 32.2. The lowest BCUT2D eigenvalue weighted by molar-refractivity contribution is 0.436. The van der Waals surface area contributed by atoms with Crippen molar-refractivity contribution in [3.05, 3.63) is 30.1 Å². The van der Waals surface area contributed by atoms with Crippen LogP contribution in [0.1, 0.15) is 24.4 Å². The summed E-state index contributed by atoms with van der Waals surface area (Å²) < 4.78 is 22.8. The molecule has 1 saturated heterocycles. The summed E-state index contributed by atoms with van der Waals surface area (Å²) in [5, 5.41) is 3.24. The Hall–Kier alpha value is -0.940. The Morgan fingerprint density at radius 1 is 1.59 bits per heavy atom. The molecular weight excluding hydrogens is 236 g/mol. The lowest BCUT2D eigenvalue weighted by Crippen LogP contribution is -2.20. The van der Waals surface area contributed by atoms with Crippen molar-refractivity contribution in [2.45, 2.75) is 18.9 Å². The molecule has 0 amide bonds. The summed E-state index contributed by atoms with van der Waals surface area (Å²) in [6, 6.07) is 4.13. The fourth-order valence-corrected chi connectivity index (χ4v) is 4.27. The third-order valence-electron chi connectivity index (χ3n) is 3.33. The van der Waals surface area contributed by atoms with Gasteiger partial charge in [-0.15, -0.1) is 0 Å². The summed E-state index contributed by atoms with van der Waals surface area (Å²) in [5.74, 6) is 0.963. The first kappa shape index (κ1) is 12.5. The molecule has 4 nitrogen and oxygen atoms in total. The summed E-state index contributed by atoms with van der Waals surface area (Å²) in [5.41, 5.74) is 1.12. The second-order valence-corrected chi connectivity index (χ2v) is 6.86. The van der Waals surface area contributed by atoms with Gasteiger partial charge in [-0.05, 0) is 37.4 Å². The topological polar surface area (TPSA) is 59.1 Å². The van der Waals surface area contributed by atoms with E-state index >= 15 is 0 Å². The van der Waals surface area contributed by atoms with E-state index in [1.165, 1.54) is 0 Å². The van der Waals surface area contributed by atoms with Crippen molar-refractivity contribution < 1.29 is 8.42 Å². The highest BCUT2D eigenvalue weighted by molar-refractivity contribution is 7.91. The van der Waals surface area contributed by atoms with Crippen LogP contribution in [0.25, 0.3) is 0 Å². The Balaban J connectivity index is 2.02. The van der Waals surface area contributed by atoms with Gasteiger partial charge in [-0.2, -0.15) is 0 Å². The third-order valence-corrected chi connectivity index (χ3v) is 5.17. The summed E-state index contributed by atoms with van der Waals surface area (Å²) in [7, 11) is -0.871. The van der Waals surface area contributed by atoms with Gasteiger partial charge in [0.15, 0.2) is 9.84 Å². The third kappa shape index (κ3) is 3.26. The molecule has 94 valence electrons. The monoisotopic (exact) mass is 254 g/mol. The minimum atomic E-state index is -2.77. The molecule has 1 fully saturated rings. The first-order valence-corrected chi connectivity index (χ1v) is 7.70. The maximum atomic E-state index is 11.4. The first-order chi connectivity index (χ1) is 8.11. The standard InChI is InChI=1S/C12H18N2O2S/c1-13-12(11-3-2-5-14-8-11)7-10-4-6-17(15,16)9-10/h2-3,5,8,10,12-13H,4,6-7,9H2,1H3. The number of hydrogen-bond acceptors (Lipinski definition) is 4. The number of aromatic nitrogens is 1. The number of nitrogens with one attached hydrogen (secondary N) is 1. The van der Waals surface area contributed by atoms with E-state index < -0.39 is 9.84 Å². The van der Waals surface area contributed by atoms with Crippen molar-refractivity contribution in [3.63, 3.8) is 0 Å². The zero-order valence-electron chi connectivity index (χ0n) is 9.96. The summed E-state index contributed by atoms with van der Waals surface area (Å²) >= 11 is 0. The van der Waals surface area contributed by atoms with Crippen molar-refractivity contribution in [1.29, 1.82) is 0 Å². The van der Waals surface area contributed by atoms with Gasteiger partial charge in [0.2, 0.25) is 0 Å². The molecule has 0 aromatic carbocycles. The Morgan fingerprint density at radius 2 is 2.41 bits per heavy atom. The maximum absolute atomic E-state index is 11.4. The fourth-order valence-electron chi connectivity index (χ4n) is 2.39. The van der Waals surface area contributed by atoms with E-state index in [2.05, 4.69) is 10.3 Å². The van der Waals surface area contributed by atoms with Crippen molar-refractivity contribution >= 4 is 9.84 Å². The highest BCUT2D eigenvalue weighted by Gasteiger charge is 2.29. The van der Waals surface area contributed by atoms with E-state index in [4.69, 9.17) is 0 Å². The van der Waals surface area contributed by atoms with Gasteiger partial charge >= 0.3 is 0 Å². The van der Waals surface area contributed by atoms with Crippen LogP contribution in [-0.2, 0) is 9.84 Å². The van der Waals surface area contributed by atoms with Crippen LogP contribution in [0.5, 0.6) is 0 Å². The SMILES string of the molecule is CNC(CC1CCS(=O)(=O)C1)c1cccnc1. The van der Waals surface area contributed by atoms with Gasteiger partial charge in [0.25, 0.3) is 0 Å². The number of pyridine rings is 1. The zero-order chi connectivity index (χ0) is 12.3. The summed E-state index contributed by atoms with van der Waals surface area (Å²) in [6.07, 6.45) is 5.24. The Labute approximate surface area is 102 Å². The molecule has 0 radical (unpaired) electrons. The van der Waals surface area contributed by atoms with Crippen LogP contribution in [-0.4, -0.2) is 32.0 Å². The Morgan fingerprint density at radius 3 is 2.94 bits per heavy atom. The molecule has 5 heteroatoms. The average Bonchev–Trinajstić information content (AvgIpc) is 2.67. The van der Waals surface area contributed by atoms with Crippen molar-refractivity contribution in [1.82, 2.24) is 10.3 Å². The molecule has 1 aromatic rings. The molecule has 0 bridgehead atoms. The average molecular weight is 254 g/mol. The van der Waals surface area contributed by atoms with Gasteiger partial charge in [-0.25, -0.2) is 8.42 Å². The molecule has 17 heavy (non-hydrogen) atoms. The van der Waals surface area contributed by atoms with E-state index in [1.54, 1.807) is 6.20 Å². The Kier molecular flexibility index (Phi) is 3.79. The number of nitrogens with zero attached hydrogens (tertiary/aromatic N) is 1. The summed E-state index contributed by atoms with van der Waals surface area (Å²) in [6.45, 7) is 0. The second-order valence-electron chi connectivity index (χ2n) is 4.63. The van der Waals surface area contributed by atoms with Crippen LogP contribution in [0.4, 0.5) is 0 Å². The van der Waals surface area contributed by atoms with Gasteiger partial charge in [-0.1, -0.05) is 6.07 Å². The van der Waals surface area contributed by atoms with Crippen LogP contribution >= 0.6 is 0 Å². The molecule has 0 spiro atoms. The Bertz CT molecular complexity index is 459. The minimum Gasteiger partial charge on any atom is -0.313 e. The molecule has 2 atom stereocenters. The van der Waals surface area contributed by atoms with Crippen molar-refractivity contribution in [2.75, 3.05) is 18.6 Å². The number of rotatable bonds is 4. The van der Waals surface area contributed by atoms with Crippen LogP contribution < -0.4 is 5.32 Å². The molecular formula is C12H18N2O2S. The number of sulfone groups is 1. The van der Waals surface area contributed by atoms with Gasteiger partial charge < -0.3 is 5.32 Å². The van der Waals surface area contributed by atoms with E-state index in [9.17, 15) is 8.42 Å². The number of hydrogen-bond donors (Lipinski definition) is 1. The summed E-state index contributed by atoms with van der Waals surface area (Å²) in [4.78, 5) is 4.10. The minimum absolute atomic E-state index is 0.196. The van der Waals surface area contributed by atoms with E-state index in [0.29, 0.717) is 11.5 Å². The molecule has 1 aliphatic rings. The molecule has 1 N–H and O–H groups in total. The van der Waals surface area contributed by atoms with Crippen LogP contribution in [0, 0.1) is 5.92 Å². The lowest BCUT2D eigenvalue weighted by atomic mass is 9.95. The lowest BCUT2D eigenvalue weighted by Gasteiger charge is -2.19. The normalized spacial score (nSPS) is 24.6. The molecule has 0 aliphatic carbocycles. The quantitative estimate of drug-likeness (QED) is 0.876. The zero-order valence-corrected chi connectivity index (χ0v) is 10.8.